The standard InChI is InChI=1S/C8H17OS.Sn/c1-3-4-5-6-7-10-8(2)9;/h8H,3-7H2,1-2H3;/q-1;+1. The van der Waals surface area contributed by atoms with Crippen molar-refractivity contribution in [2.45, 2.75) is 45.0 Å². The topological polar surface area (TPSA) is 9.23 Å². The summed E-state index contributed by atoms with van der Waals surface area (Å²) in [6, 6.07) is 0. The molecule has 0 heterocycles. The quantitative estimate of drug-likeness (QED) is 0.403. The van der Waals surface area contributed by atoms with Gasteiger partial charge in [0.05, 0.1) is 0 Å². The molecule has 0 aromatic rings. The minimum absolute atomic E-state index is 0.412. The molecule has 0 fully saturated rings. The van der Waals surface area contributed by atoms with Crippen molar-refractivity contribution in [1.82, 2.24) is 0 Å². The van der Waals surface area contributed by atoms with E-state index >= 15 is 0 Å². The molecule has 0 aliphatic rings. The van der Waals surface area contributed by atoms with Gasteiger partial charge in [-0.25, -0.2) is 0 Å². The average Bonchev–Trinajstić information content (AvgIpc) is 2.04. The van der Waals surface area contributed by atoms with Crippen LogP contribution in [0.15, 0.2) is 0 Å². The first-order valence-corrected chi connectivity index (χ1v) is 6.46. The monoisotopic (exact) mass is 281 g/mol. The van der Waals surface area contributed by atoms with Crippen LogP contribution in [-0.2, 0) is 3.07 Å². The van der Waals surface area contributed by atoms with Crippen LogP contribution < -0.4 is 0 Å². The molecule has 0 rings (SSSR count). The predicted molar refractivity (Wildman–Crippen MR) is 52.9 cm³/mol. The Morgan fingerprint density at radius 3 is 2.64 bits per heavy atom. The van der Waals surface area contributed by atoms with E-state index in [9.17, 15) is 0 Å². The van der Waals surface area contributed by atoms with Crippen LogP contribution in [0, 0.1) is 0 Å². The van der Waals surface area contributed by atoms with E-state index in [2.05, 4.69) is 13.8 Å². The fraction of sp³-hybridized carbons (Fsp3) is 1.00. The van der Waals surface area contributed by atoms with Gasteiger partial charge in [-0.3, -0.25) is 0 Å². The van der Waals surface area contributed by atoms with Crippen molar-refractivity contribution in [3.63, 3.8) is 0 Å². The van der Waals surface area contributed by atoms with Crippen LogP contribution in [0.3, 0.4) is 0 Å². The molecule has 0 aromatic carbocycles. The van der Waals surface area contributed by atoms with E-state index in [-0.39, 0.29) is 0 Å². The molecule has 0 aromatic heterocycles. The number of hydrogen-bond donors (Lipinski definition) is 0. The molecule has 0 N–H and O–H groups in total. The van der Waals surface area contributed by atoms with E-state index in [0.717, 1.165) is 0 Å². The van der Waals surface area contributed by atoms with Crippen LogP contribution in [0.4, 0.5) is 0 Å². The molecule has 0 spiro atoms. The van der Waals surface area contributed by atoms with Crippen molar-refractivity contribution >= 4 is 34.7 Å². The zero-order valence-electron chi connectivity index (χ0n) is 7.43. The van der Waals surface area contributed by atoms with E-state index in [1.165, 1.54) is 54.4 Å². The Kier molecular flexibility index (Phi) is 10.1. The summed E-state index contributed by atoms with van der Waals surface area (Å²) in [6.45, 7) is 4.37. The second kappa shape index (κ2) is 9.20. The van der Waals surface area contributed by atoms with Gasteiger partial charge in [-0.05, 0) is 0 Å². The summed E-state index contributed by atoms with van der Waals surface area (Å²) in [6.07, 6.45) is 5.44. The maximum atomic E-state index is 5.21. The Bertz CT molecular complexity index is 80.5. The average molecular weight is 280 g/mol. The molecule has 3 radical (unpaired) electrons. The van der Waals surface area contributed by atoms with E-state index in [1.54, 1.807) is 0 Å². The van der Waals surface area contributed by atoms with Crippen molar-refractivity contribution in [3.05, 3.63) is 0 Å². The normalized spacial score (nSPS) is 13.4. The Balaban J connectivity index is 2.89. The first-order valence-electron chi connectivity index (χ1n) is 4.25. The summed E-state index contributed by atoms with van der Waals surface area (Å²) < 4.78 is 5.21. The van der Waals surface area contributed by atoms with Crippen molar-refractivity contribution in [2.75, 3.05) is 5.75 Å². The summed E-state index contributed by atoms with van der Waals surface area (Å²) >= 11 is 3.11. The third-order valence-electron chi connectivity index (χ3n) is 1.52. The Morgan fingerprint density at radius 1 is 1.36 bits per heavy atom. The van der Waals surface area contributed by atoms with Gasteiger partial charge in [-0.15, -0.1) is 0 Å². The van der Waals surface area contributed by atoms with Gasteiger partial charge in [0.25, 0.3) is 0 Å². The number of rotatable bonds is 7. The van der Waals surface area contributed by atoms with Crippen LogP contribution in [0.2, 0.25) is 0 Å². The van der Waals surface area contributed by atoms with Gasteiger partial charge >= 0.3 is 88.5 Å². The SMILES string of the molecule is CCCCCCSC(C)[O][Sn]. The van der Waals surface area contributed by atoms with Gasteiger partial charge in [0.1, 0.15) is 0 Å². The second-order valence-electron chi connectivity index (χ2n) is 2.62. The maximum absolute atomic E-state index is 5.21. The summed E-state index contributed by atoms with van der Waals surface area (Å²) in [4.78, 5) is 0. The van der Waals surface area contributed by atoms with Crippen LogP contribution in [-0.4, -0.2) is 34.1 Å². The molecular weight excluding hydrogens is 263 g/mol. The Hall–Kier alpha value is 1.11. The molecule has 1 atom stereocenters. The van der Waals surface area contributed by atoms with Gasteiger partial charge in [0, 0.05) is 0 Å². The molecule has 0 aliphatic heterocycles. The van der Waals surface area contributed by atoms with Gasteiger partial charge < -0.3 is 0 Å². The molecule has 0 saturated heterocycles. The summed E-state index contributed by atoms with van der Waals surface area (Å²) in [7, 11) is 0. The van der Waals surface area contributed by atoms with Gasteiger partial charge in [-0.1, -0.05) is 0 Å². The van der Waals surface area contributed by atoms with E-state index < -0.39 is 0 Å². The van der Waals surface area contributed by atoms with Crippen LogP contribution in [0.25, 0.3) is 0 Å². The zero-order chi connectivity index (χ0) is 8.53. The first-order chi connectivity index (χ1) is 5.31. The van der Waals surface area contributed by atoms with Gasteiger partial charge in [0.15, 0.2) is 0 Å². The number of thioether (sulfide) groups is 1. The van der Waals surface area contributed by atoms with E-state index in [1.807, 2.05) is 11.8 Å². The molecule has 0 amide bonds. The molecule has 0 saturated carbocycles. The molecule has 0 bridgehead atoms. The summed E-state index contributed by atoms with van der Waals surface area (Å²) in [5.74, 6) is 1.26. The van der Waals surface area contributed by atoms with E-state index in [0.29, 0.717) is 5.44 Å². The molecule has 1 unspecified atom stereocenters. The third-order valence-corrected chi connectivity index (χ3v) is 4.10. The molecule has 1 nitrogen and oxygen atoms in total. The van der Waals surface area contributed by atoms with E-state index in [4.69, 9.17) is 3.07 Å². The summed E-state index contributed by atoms with van der Waals surface area (Å²) in [5.41, 5.74) is 0.412. The van der Waals surface area contributed by atoms with Crippen LogP contribution >= 0.6 is 11.8 Å². The summed E-state index contributed by atoms with van der Waals surface area (Å²) in [5, 5.41) is 0. The first kappa shape index (κ1) is 12.1. The third kappa shape index (κ3) is 9.02. The van der Waals surface area contributed by atoms with Crippen LogP contribution in [0.5, 0.6) is 0 Å². The fourth-order valence-electron chi connectivity index (χ4n) is 0.812. The molecule has 3 heteroatoms. The van der Waals surface area contributed by atoms with Crippen molar-refractivity contribution in [2.24, 2.45) is 0 Å². The molecule has 0 aliphatic carbocycles. The van der Waals surface area contributed by atoms with Crippen molar-refractivity contribution in [1.29, 1.82) is 0 Å². The van der Waals surface area contributed by atoms with Crippen molar-refractivity contribution in [3.8, 4) is 0 Å². The predicted octanol–water partition coefficient (Wildman–Crippen LogP) is 2.75. The van der Waals surface area contributed by atoms with Gasteiger partial charge in [0.2, 0.25) is 0 Å². The number of unbranched alkanes of at least 4 members (excludes halogenated alkanes) is 3. The Labute approximate surface area is 88.3 Å². The van der Waals surface area contributed by atoms with Crippen LogP contribution in [0.1, 0.15) is 39.5 Å². The van der Waals surface area contributed by atoms with Crippen molar-refractivity contribution < 1.29 is 3.07 Å². The minimum atomic E-state index is 0.412. The molecule has 65 valence electrons. The zero-order valence-corrected chi connectivity index (χ0v) is 11.1. The number of hydrogen-bond acceptors (Lipinski definition) is 2. The Morgan fingerprint density at radius 2 is 2.09 bits per heavy atom. The second-order valence-corrected chi connectivity index (χ2v) is 4.70. The molecular formula is C8H17OSSn. The van der Waals surface area contributed by atoms with Gasteiger partial charge in [-0.2, -0.15) is 0 Å². The fourth-order valence-corrected chi connectivity index (χ4v) is 2.17. The molecule has 11 heavy (non-hydrogen) atoms.